The van der Waals surface area contributed by atoms with Gasteiger partial charge >= 0.3 is 0 Å². The molecular weight excluding hydrogens is 421 g/mol. The fourth-order valence-corrected chi connectivity index (χ4v) is 5.04. The second-order valence-corrected chi connectivity index (χ2v) is 9.32. The van der Waals surface area contributed by atoms with Crippen LogP contribution in [0, 0.1) is 5.82 Å². The first kappa shape index (κ1) is 21.2. The zero-order chi connectivity index (χ0) is 20.9. The average molecular weight is 446 g/mol. The van der Waals surface area contributed by atoms with Gasteiger partial charge < -0.3 is 4.74 Å². The number of rotatable bonds is 7. The van der Waals surface area contributed by atoms with Gasteiger partial charge in [0.2, 0.25) is 0 Å². The summed E-state index contributed by atoms with van der Waals surface area (Å²) in [5.74, 6) is 0.602. The Balaban J connectivity index is 1.60. The maximum absolute atomic E-state index is 13.6. The topological polar surface area (TPSA) is 45.7 Å². The van der Waals surface area contributed by atoms with Crippen molar-refractivity contribution in [2.45, 2.75) is 11.8 Å². The molecule has 0 unspecified atom stereocenters. The van der Waals surface area contributed by atoms with Crippen molar-refractivity contribution in [1.29, 1.82) is 0 Å². The molecule has 0 radical (unpaired) electrons. The number of hydrogen-bond donors (Lipinski definition) is 0. The minimum atomic E-state index is -0.298. The van der Waals surface area contributed by atoms with Crippen molar-refractivity contribution in [3.63, 3.8) is 0 Å². The van der Waals surface area contributed by atoms with Crippen molar-refractivity contribution in [2.75, 3.05) is 50.0 Å². The van der Waals surface area contributed by atoms with Crippen molar-refractivity contribution in [3.8, 4) is 0 Å². The van der Waals surface area contributed by atoms with Crippen LogP contribution in [0.3, 0.4) is 0 Å². The highest BCUT2D eigenvalue weighted by molar-refractivity contribution is 7.99. The van der Waals surface area contributed by atoms with E-state index in [0.717, 1.165) is 35.0 Å². The summed E-state index contributed by atoms with van der Waals surface area (Å²) in [5, 5.41) is 0.598. The molecule has 1 aliphatic rings. The van der Waals surface area contributed by atoms with Gasteiger partial charge in [-0.2, -0.15) is 0 Å². The molecule has 2 heterocycles. The number of aromatic nitrogens is 1. The number of thiazole rings is 1. The minimum absolute atomic E-state index is 0.0872. The Kier molecular flexibility index (Phi) is 6.99. The van der Waals surface area contributed by atoms with Gasteiger partial charge in [0.1, 0.15) is 5.82 Å². The first-order valence-corrected chi connectivity index (χ1v) is 11.8. The third-order valence-corrected chi connectivity index (χ3v) is 6.91. The predicted molar refractivity (Wildman–Crippen MR) is 121 cm³/mol. The number of hydrogen-bond acceptors (Lipinski definition) is 6. The van der Waals surface area contributed by atoms with Crippen LogP contribution in [0.1, 0.15) is 17.3 Å². The number of thioether (sulfide) groups is 1. The number of halogens is 1. The summed E-state index contributed by atoms with van der Waals surface area (Å²) in [4.78, 5) is 23.2. The van der Waals surface area contributed by atoms with Gasteiger partial charge in [0, 0.05) is 36.6 Å². The molecule has 0 bridgehead atoms. The molecule has 1 saturated heterocycles. The molecule has 1 fully saturated rings. The highest BCUT2D eigenvalue weighted by Gasteiger charge is 2.23. The van der Waals surface area contributed by atoms with Crippen LogP contribution in [0.4, 0.5) is 9.52 Å². The summed E-state index contributed by atoms with van der Waals surface area (Å²) in [7, 11) is 0. The fraction of sp³-hybridized carbons (Fsp3) is 0.364. The zero-order valence-corrected chi connectivity index (χ0v) is 18.5. The highest BCUT2D eigenvalue weighted by Crippen LogP contribution is 2.30. The highest BCUT2D eigenvalue weighted by atomic mass is 32.2. The Hall–Kier alpha value is -2.00. The van der Waals surface area contributed by atoms with E-state index in [1.54, 1.807) is 22.7 Å². The number of morpholine rings is 1. The van der Waals surface area contributed by atoms with Crippen LogP contribution in [0.25, 0.3) is 10.2 Å². The van der Waals surface area contributed by atoms with E-state index in [4.69, 9.17) is 4.74 Å². The maximum atomic E-state index is 13.6. The molecule has 1 aliphatic heterocycles. The number of nitrogens with zero attached hydrogens (tertiary/aromatic N) is 3. The Morgan fingerprint density at radius 1 is 1.23 bits per heavy atom. The lowest BCUT2D eigenvalue weighted by molar-refractivity contribution is 0.0391. The normalized spacial score (nSPS) is 14.9. The van der Waals surface area contributed by atoms with E-state index < -0.39 is 0 Å². The summed E-state index contributed by atoms with van der Waals surface area (Å²) < 4.78 is 19.8. The van der Waals surface area contributed by atoms with Crippen molar-refractivity contribution in [3.05, 3.63) is 53.8 Å². The smallest absolute Gasteiger partial charge is 0.260 e. The molecule has 30 heavy (non-hydrogen) atoms. The van der Waals surface area contributed by atoms with Crippen LogP contribution in [0.2, 0.25) is 0 Å². The summed E-state index contributed by atoms with van der Waals surface area (Å²) >= 11 is 3.09. The molecule has 5 nitrogen and oxygen atoms in total. The lowest BCUT2D eigenvalue weighted by atomic mass is 10.2. The van der Waals surface area contributed by atoms with Crippen LogP contribution < -0.4 is 4.90 Å². The lowest BCUT2D eigenvalue weighted by Gasteiger charge is -2.29. The number of amides is 1. The van der Waals surface area contributed by atoms with E-state index >= 15 is 0 Å². The minimum Gasteiger partial charge on any atom is -0.379 e. The largest absolute Gasteiger partial charge is 0.379 e. The Morgan fingerprint density at radius 2 is 2.00 bits per heavy atom. The molecule has 1 amide bonds. The van der Waals surface area contributed by atoms with E-state index in [-0.39, 0.29) is 11.7 Å². The molecule has 8 heteroatoms. The lowest BCUT2D eigenvalue weighted by Crippen LogP contribution is -2.43. The third-order valence-electron chi connectivity index (χ3n) is 4.97. The van der Waals surface area contributed by atoms with E-state index in [2.05, 4.69) is 16.8 Å². The number of anilines is 1. The Labute approximate surface area is 183 Å². The zero-order valence-electron chi connectivity index (χ0n) is 16.8. The van der Waals surface area contributed by atoms with E-state index in [0.29, 0.717) is 36.0 Å². The molecule has 2 aromatic carbocycles. The summed E-state index contributed by atoms with van der Waals surface area (Å²) in [6, 6.07) is 12.2. The standard InChI is InChI=1S/C22H24FN3O2S2/c1-2-29-18-6-3-16(4-7-18)21(27)26(10-9-25-11-13-28-14-12-25)22-24-19-8-5-17(23)15-20(19)30-22/h3-8,15H,2,9-14H2,1H3. The molecule has 0 spiro atoms. The molecule has 4 rings (SSSR count). The predicted octanol–water partition coefficient (Wildman–Crippen LogP) is 4.53. The van der Waals surface area contributed by atoms with Gasteiger partial charge in [0.05, 0.1) is 23.4 Å². The van der Waals surface area contributed by atoms with E-state index in [1.807, 2.05) is 24.3 Å². The first-order valence-electron chi connectivity index (χ1n) is 10.0. The van der Waals surface area contributed by atoms with Crippen LogP contribution in [-0.2, 0) is 4.74 Å². The molecular formula is C22H24FN3O2S2. The van der Waals surface area contributed by atoms with Gasteiger partial charge in [0.25, 0.3) is 5.91 Å². The number of carbonyl (C=O) groups excluding carboxylic acids is 1. The third kappa shape index (κ3) is 5.00. The summed E-state index contributed by atoms with van der Waals surface area (Å²) in [6.45, 7) is 6.50. The number of carbonyl (C=O) groups is 1. The SMILES string of the molecule is CCSc1ccc(C(=O)N(CCN2CCOCC2)c2nc3ccc(F)cc3s2)cc1. The van der Waals surface area contributed by atoms with Crippen LogP contribution in [0.15, 0.2) is 47.4 Å². The van der Waals surface area contributed by atoms with Gasteiger partial charge in [-0.25, -0.2) is 9.37 Å². The van der Waals surface area contributed by atoms with Crippen molar-refractivity contribution in [1.82, 2.24) is 9.88 Å². The molecule has 1 aromatic heterocycles. The average Bonchev–Trinajstić information content (AvgIpc) is 3.18. The quantitative estimate of drug-likeness (QED) is 0.500. The number of ether oxygens (including phenoxy) is 1. The first-order chi connectivity index (χ1) is 14.6. The van der Waals surface area contributed by atoms with Gasteiger partial charge in [-0.15, -0.1) is 11.8 Å². The van der Waals surface area contributed by atoms with Crippen LogP contribution in [0.5, 0.6) is 0 Å². The molecule has 0 saturated carbocycles. The molecule has 0 aliphatic carbocycles. The molecule has 3 aromatic rings. The number of benzene rings is 2. The second kappa shape index (κ2) is 9.87. The van der Waals surface area contributed by atoms with Crippen LogP contribution in [-0.4, -0.2) is 60.9 Å². The number of fused-ring (bicyclic) bond motifs is 1. The summed E-state index contributed by atoms with van der Waals surface area (Å²) in [5.41, 5.74) is 1.33. The van der Waals surface area contributed by atoms with Crippen LogP contribution >= 0.6 is 23.1 Å². The van der Waals surface area contributed by atoms with Gasteiger partial charge in [0.15, 0.2) is 5.13 Å². The Bertz CT molecular complexity index is 1000. The van der Waals surface area contributed by atoms with Gasteiger partial charge in [-0.05, 0) is 48.2 Å². The molecule has 158 valence electrons. The monoisotopic (exact) mass is 445 g/mol. The maximum Gasteiger partial charge on any atom is 0.260 e. The van der Waals surface area contributed by atoms with Gasteiger partial charge in [-0.1, -0.05) is 18.3 Å². The molecule has 0 N–H and O–H groups in total. The van der Waals surface area contributed by atoms with Gasteiger partial charge in [-0.3, -0.25) is 14.6 Å². The fourth-order valence-electron chi connectivity index (χ4n) is 3.37. The molecule has 0 atom stereocenters. The Morgan fingerprint density at radius 3 is 2.73 bits per heavy atom. The van der Waals surface area contributed by atoms with E-state index in [9.17, 15) is 9.18 Å². The van der Waals surface area contributed by atoms with E-state index in [1.165, 1.54) is 23.5 Å². The summed E-state index contributed by atoms with van der Waals surface area (Å²) in [6.07, 6.45) is 0. The van der Waals surface area contributed by atoms with Crippen molar-refractivity contribution in [2.24, 2.45) is 0 Å². The van der Waals surface area contributed by atoms with Crippen molar-refractivity contribution < 1.29 is 13.9 Å². The van der Waals surface area contributed by atoms with Crippen molar-refractivity contribution >= 4 is 44.4 Å². The second-order valence-electron chi connectivity index (χ2n) is 6.98.